The number of hydrogen-bond donors (Lipinski definition) is 2. The third kappa shape index (κ3) is 6.37. The van der Waals surface area contributed by atoms with Crippen LogP contribution >= 0.6 is 24.8 Å². The number of nitrogens with one attached hydrogen (secondary N) is 2. The fourth-order valence-electron chi connectivity index (χ4n) is 3.98. The van der Waals surface area contributed by atoms with Crippen LogP contribution in [0.3, 0.4) is 0 Å². The van der Waals surface area contributed by atoms with Crippen molar-refractivity contribution >= 4 is 24.8 Å². The van der Waals surface area contributed by atoms with Crippen molar-refractivity contribution in [3.63, 3.8) is 0 Å². The van der Waals surface area contributed by atoms with E-state index in [1.54, 1.807) is 6.07 Å². The summed E-state index contributed by atoms with van der Waals surface area (Å²) in [6, 6.07) is 7.89. The highest BCUT2D eigenvalue weighted by molar-refractivity contribution is 5.85. The second-order valence-electron chi connectivity index (χ2n) is 7.64. The molecule has 192 valence electrons. The first-order valence-corrected chi connectivity index (χ1v) is 10.2. The van der Waals surface area contributed by atoms with Crippen molar-refractivity contribution in [3.8, 4) is 11.4 Å². The zero-order valence-electron chi connectivity index (χ0n) is 18.4. The topological polar surface area (TPSA) is 76.9 Å². The molecule has 4 rings (SSSR count). The van der Waals surface area contributed by atoms with Crippen molar-refractivity contribution in [3.05, 3.63) is 65.0 Å². The summed E-state index contributed by atoms with van der Waals surface area (Å²) in [6.45, 7) is 0.979. The quantitative estimate of drug-likeness (QED) is 0.451. The van der Waals surface area contributed by atoms with Crippen molar-refractivity contribution < 1.29 is 26.7 Å². The summed E-state index contributed by atoms with van der Waals surface area (Å²) in [5, 5.41) is 16.4. The number of aromatic nitrogens is 4. The van der Waals surface area contributed by atoms with Crippen LogP contribution in [0.2, 0.25) is 0 Å². The molecular formula is C21H23Cl2F5N6O. The van der Waals surface area contributed by atoms with Crippen LogP contribution in [0.15, 0.2) is 36.4 Å². The first kappa shape index (κ1) is 28.7. The van der Waals surface area contributed by atoms with Gasteiger partial charge < -0.3 is 15.4 Å². The van der Waals surface area contributed by atoms with E-state index in [9.17, 15) is 22.0 Å². The lowest BCUT2D eigenvalue weighted by Gasteiger charge is -2.34. The molecule has 2 aromatic carbocycles. The van der Waals surface area contributed by atoms with E-state index in [2.05, 4.69) is 26.2 Å². The molecule has 3 aromatic rings. The number of hydrogen-bond acceptors (Lipinski definition) is 6. The first-order chi connectivity index (χ1) is 15.8. The lowest BCUT2D eigenvalue weighted by atomic mass is 9.92. The highest BCUT2D eigenvalue weighted by Crippen LogP contribution is 2.30. The van der Waals surface area contributed by atoms with Gasteiger partial charge in [-0.25, -0.2) is 8.78 Å². The number of alkyl halides is 3. The minimum atomic E-state index is -4.72. The van der Waals surface area contributed by atoms with Gasteiger partial charge in [-0.15, -0.1) is 29.9 Å². The van der Waals surface area contributed by atoms with Gasteiger partial charge in [0.25, 0.3) is 5.82 Å². The van der Waals surface area contributed by atoms with Crippen LogP contribution in [0.1, 0.15) is 35.8 Å². The molecule has 2 atom stereocenters. The number of nitrogens with zero attached hydrogens (tertiary/aromatic N) is 4. The highest BCUT2D eigenvalue weighted by atomic mass is 35.5. The lowest BCUT2D eigenvalue weighted by molar-refractivity contribution is -0.146. The largest absolute Gasteiger partial charge is 0.496 e. The number of methoxy groups -OCH3 is 1. The Hall–Kier alpha value is -2.54. The third-order valence-corrected chi connectivity index (χ3v) is 5.55. The van der Waals surface area contributed by atoms with E-state index in [0.717, 1.165) is 25.5 Å². The molecule has 0 saturated carbocycles. The minimum Gasteiger partial charge on any atom is -0.496 e. The predicted octanol–water partition coefficient (Wildman–Crippen LogP) is 4.39. The fourth-order valence-corrected chi connectivity index (χ4v) is 3.98. The molecule has 0 amide bonds. The Morgan fingerprint density at radius 1 is 1.11 bits per heavy atom. The zero-order valence-corrected chi connectivity index (χ0v) is 20.0. The molecule has 0 unspecified atom stereocenters. The SMILES string of the molecule is COc1ccc(-n2nnnc2C(F)(F)F)cc1CN[C@H]1CCCN[C@H]1c1ccc(F)c(F)c1.Cl.Cl. The monoisotopic (exact) mass is 540 g/mol. The molecule has 0 radical (unpaired) electrons. The molecule has 1 saturated heterocycles. The Bertz CT molecular complexity index is 1130. The summed E-state index contributed by atoms with van der Waals surface area (Å²) in [5.41, 5.74) is 1.33. The molecule has 0 spiro atoms. The first-order valence-electron chi connectivity index (χ1n) is 10.2. The van der Waals surface area contributed by atoms with Gasteiger partial charge in [0.15, 0.2) is 11.6 Å². The summed E-state index contributed by atoms with van der Waals surface area (Å²) in [5.74, 6) is -2.60. The molecule has 2 heterocycles. The number of halogens is 7. The average Bonchev–Trinajstić information content (AvgIpc) is 3.30. The molecule has 14 heteroatoms. The fraction of sp³-hybridized carbons (Fsp3) is 0.381. The van der Waals surface area contributed by atoms with Crippen molar-refractivity contribution in [2.75, 3.05) is 13.7 Å². The lowest BCUT2D eigenvalue weighted by Crippen LogP contribution is -2.45. The molecule has 1 fully saturated rings. The van der Waals surface area contributed by atoms with Crippen LogP contribution in [0.4, 0.5) is 22.0 Å². The van der Waals surface area contributed by atoms with Gasteiger partial charge in [-0.3, -0.25) is 0 Å². The Morgan fingerprint density at radius 2 is 1.89 bits per heavy atom. The number of rotatable bonds is 6. The van der Waals surface area contributed by atoms with Crippen molar-refractivity contribution in [2.24, 2.45) is 0 Å². The van der Waals surface area contributed by atoms with Gasteiger partial charge in [0, 0.05) is 24.2 Å². The Labute approximate surface area is 210 Å². The minimum absolute atomic E-state index is 0. The van der Waals surface area contributed by atoms with E-state index in [-0.39, 0.29) is 49.1 Å². The van der Waals surface area contributed by atoms with E-state index >= 15 is 0 Å². The normalized spacial score (nSPS) is 17.9. The maximum absolute atomic E-state index is 13.8. The van der Waals surface area contributed by atoms with E-state index in [1.165, 1.54) is 31.4 Å². The van der Waals surface area contributed by atoms with Gasteiger partial charge in [0.1, 0.15) is 5.75 Å². The smallest absolute Gasteiger partial charge is 0.453 e. The summed E-state index contributed by atoms with van der Waals surface area (Å²) in [4.78, 5) is 0. The predicted molar refractivity (Wildman–Crippen MR) is 122 cm³/mol. The van der Waals surface area contributed by atoms with Crippen LogP contribution in [-0.2, 0) is 12.7 Å². The zero-order chi connectivity index (χ0) is 23.6. The van der Waals surface area contributed by atoms with Crippen LogP contribution in [0.5, 0.6) is 5.75 Å². The number of ether oxygens (including phenoxy) is 1. The summed E-state index contributed by atoms with van der Waals surface area (Å²) >= 11 is 0. The maximum Gasteiger partial charge on any atom is 0.453 e. The highest BCUT2D eigenvalue weighted by Gasteiger charge is 2.38. The maximum atomic E-state index is 13.8. The van der Waals surface area contributed by atoms with Gasteiger partial charge in [0.05, 0.1) is 12.8 Å². The van der Waals surface area contributed by atoms with E-state index in [1.807, 2.05) is 0 Å². The number of piperidine rings is 1. The molecule has 1 aliphatic rings. The summed E-state index contributed by atoms with van der Waals surface area (Å²) in [6.07, 6.45) is -3.08. The summed E-state index contributed by atoms with van der Waals surface area (Å²) in [7, 11) is 1.46. The second-order valence-corrected chi connectivity index (χ2v) is 7.64. The Kier molecular flexibility index (Phi) is 9.78. The summed E-state index contributed by atoms with van der Waals surface area (Å²) < 4.78 is 72.7. The number of tetrazole rings is 1. The number of benzene rings is 2. The van der Waals surface area contributed by atoms with Crippen LogP contribution < -0.4 is 15.4 Å². The molecule has 35 heavy (non-hydrogen) atoms. The molecule has 7 nitrogen and oxygen atoms in total. The van der Waals surface area contributed by atoms with Crippen molar-refractivity contribution in [1.82, 2.24) is 30.8 Å². The van der Waals surface area contributed by atoms with Gasteiger partial charge in [-0.2, -0.15) is 17.9 Å². The van der Waals surface area contributed by atoms with Crippen LogP contribution in [0.25, 0.3) is 5.69 Å². The van der Waals surface area contributed by atoms with E-state index < -0.39 is 23.6 Å². The van der Waals surface area contributed by atoms with Gasteiger partial charge >= 0.3 is 6.18 Å². The van der Waals surface area contributed by atoms with Crippen molar-refractivity contribution in [2.45, 2.75) is 37.6 Å². The van der Waals surface area contributed by atoms with Crippen molar-refractivity contribution in [1.29, 1.82) is 0 Å². The standard InChI is InChI=1S/C21H21F5N6O.2ClH/c1-33-18-7-5-14(32-20(21(24,25)26)29-30-31-32)9-13(18)11-28-17-3-2-8-27-19(17)12-4-6-15(22)16(23)10-12;;/h4-7,9-10,17,19,27-28H,2-3,8,11H2,1H3;2*1H/t17-,19-;;/m0../s1. The van der Waals surface area contributed by atoms with Gasteiger partial charge in [-0.1, -0.05) is 6.07 Å². The molecule has 0 bridgehead atoms. The second kappa shape index (κ2) is 11.9. The van der Waals surface area contributed by atoms with Gasteiger partial charge in [-0.05, 0) is 65.7 Å². The Morgan fingerprint density at radius 3 is 2.57 bits per heavy atom. The molecule has 0 aliphatic carbocycles. The molecule has 2 N–H and O–H groups in total. The third-order valence-electron chi connectivity index (χ3n) is 5.55. The molecule has 1 aliphatic heterocycles. The average molecular weight is 541 g/mol. The molecule has 1 aromatic heterocycles. The molecular weight excluding hydrogens is 518 g/mol. The Balaban J connectivity index is 0.00000216. The van der Waals surface area contributed by atoms with E-state index in [4.69, 9.17) is 4.74 Å². The van der Waals surface area contributed by atoms with Crippen LogP contribution in [0, 0.1) is 11.6 Å². The van der Waals surface area contributed by atoms with Gasteiger partial charge in [0.2, 0.25) is 0 Å². The van der Waals surface area contributed by atoms with E-state index in [0.29, 0.717) is 21.6 Å². The van der Waals surface area contributed by atoms with Crippen LogP contribution in [-0.4, -0.2) is 39.9 Å².